The topological polar surface area (TPSA) is 48.9 Å². The van der Waals surface area contributed by atoms with Crippen molar-refractivity contribution < 1.29 is 4.74 Å². The number of guanidine groups is 1. The standard InChI is InChI=1S/C15H34N4O/c1-6-19(7-2)11-10-18-15(16-5)17-9-8-12-20-13-14(3)4/h14H,6-13H2,1-5H3,(H2,16,17,18). The second-order valence-corrected chi connectivity index (χ2v) is 5.27. The van der Waals surface area contributed by atoms with Gasteiger partial charge in [0.25, 0.3) is 0 Å². The lowest BCUT2D eigenvalue weighted by atomic mass is 10.2. The van der Waals surface area contributed by atoms with Crippen LogP contribution in [0.15, 0.2) is 4.99 Å². The SMILES string of the molecule is CCN(CC)CCNC(=NC)NCCCOCC(C)C. The van der Waals surface area contributed by atoms with Gasteiger partial charge in [0.2, 0.25) is 0 Å². The summed E-state index contributed by atoms with van der Waals surface area (Å²) < 4.78 is 5.55. The van der Waals surface area contributed by atoms with E-state index in [1.54, 1.807) is 0 Å². The van der Waals surface area contributed by atoms with Crippen LogP contribution in [0.5, 0.6) is 0 Å². The quantitative estimate of drug-likeness (QED) is 0.344. The molecule has 0 rings (SSSR count). The van der Waals surface area contributed by atoms with Gasteiger partial charge in [0, 0.05) is 39.9 Å². The molecule has 0 bridgehead atoms. The Morgan fingerprint density at radius 2 is 1.80 bits per heavy atom. The Balaban J connectivity index is 3.57. The Labute approximate surface area is 125 Å². The third-order valence-electron chi connectivity index (χ3n) is 3.05. The first-order chi connectivity index (χ1) is 9.63. The number of nitrogens with one attached hydrogen (secondary N) is 2. The van der Waals surface area contributed by atoms with Gasteiger partial charge < -0.3 is 20.3 Å². The molecule has 0 unspecified atom stereocenters. The lowest BCUT2D eigenvalue weighted by Crippen LogP contribution is -2.42. The first-order valence-corrected chi connectivity index (χ1v) is 7.88. The summed E-state index contributed by atoms with van der Waals surface area (Å²) in [6.07, 6.45) is 1.00. The maximum absolute atomic E-state index is 5.55. The summed E-state index contributed by atoms with van der Waals surface area (Å²) in [5.41, 5.74) is 0. The zero-order valence-corrected chi connectivity index (χ0v) is 14.0. The second kappa shape index (κ2) is 13.2. The predicted molar refractivity (Wildman–Crippen MR) is 87.4 cm³/mol. The number of likely N-dealkylation sites (N-methyl/N-ethyl adjacent to an activating group) is 1. The molecule has 0 aromatic carbocycles. The third kappa shape index (κ3) is 11.1. The molecular weight excluding hydrogens is 252 g/mol. The van der Waals surface area contributed by atoms with Crippen molar-refractivity contribution in [2.75, 3.05) is 53.0 Å². The Morgan fingerprint density at radius 3 is 2.35 bits per heavy atom. The number of hydrogen-bond donors (Lipinski definition) is 2. The molecule has 0 amide bonds. The van der Waals surface area contributed by atoms with E-state index in [0.29, 0.717) is 5.92 Å². The molecule has 0 heterocycles. The van der Waals surface area contributed by atoms with Crippen molar-refractivity contribution in [2.24, 2.45) is 10.9 Å². The van der Waals surface area contributed by atoms with Gasteiger partial charge in [-0.05, 0) is 25.4 Å². The fourth-order valence-electron chi connectivity index (χ4n) is 1.79. The zero-order valence-electron chi connectivity index (χ0n) is 14.0. The molecule has 0 saturated heterocycles. The van der Waals surface area contributed by atoms with E-state index in [-0.39, 0.29) is 0 Å². The molecular formula is C15H34N4O. The summed E-state index contributed by atoms with van der Waals surface area (Å²) in [5, 5.41) is 6.64. The highest BCUT2D eigenvalue weighted by molar-refractivity contribution is 5.79. The molecule has 0 saturated carbocycles. The van der Waals surface area contributed by atoms with E-state index >= 15 is 0 Å². The summed E-state index contributed by atoms with van der Waals surface area (Å²) in [4.78, 5) is 6.61. The van der Waals surface area contributed by atoms with Crippen LogP contribution in [0.2, 0.25) is 0 Å². The minimum Gasteiger partial charge on any atom is -0.381 e. The van der Waals surface area contributed by atoms with Crippen LogP contribution >= 0.6 is 0 Å². The number of rotatable bonds is 11. The Bertz CT molecular complexity index is 240. The largest absolute Gasteiger partial charge is 0.381 e. The molecule has 0 atom stereocenters. The molecule has 5 nitrogen and oxygen atoms in total. The van der Waals surface area contributed by atoms with Crippen LogP contribution in [0, 0.1) is 5.92 Å². The summed E-state index contributed by atoms with van der Waals surface area (Å²) in [5.74, 6) is 1.48. The number of aliphatic imine (C=N–C) groups is 1. The molecule has 0 spiro atoms. The van der Waals surface area contributed by atoms with Crippen molar-refractivity contribution in [1.82, 2.24) is 15.5 Å². The van der Waals surface area contributed by atoms with E-state index in [1.807, 2.05) is 7.05 Å². The smallest absolute Gasteiger partial charge is 0.191 e. The lowest BCUT2D eigenvalue weighted by molar-refractivity contribution is 0.108. The number of ether oxygens (including phenoxy) is 1. The van der Waals surface area contributed by atoms with Crippen LogP contribution in [0.1, 0.15) is 34.1 Å². The van der Waals surface area contributed by atoms with Gasteiger partial charge in [-0.2, -0.15) is 0 Å². The average molecular weight is 286 g/mol. The molecule has 0 radical (unpaired) electrons. The van der Waals surface area contributed by atoms with Crippen molar-refractivity contribution >= 4 is 5.96 Å². The van der Waals surface area contributed by atoms with Crippen molar-refractivity contribution in [3.63, 3.8) is 0 Å². The van der Waals surface area contributed by atoms with Crippen molar-refractivity contribution in [3.05, 3.63) is 0 Å². The van der Waals surface area contributed by atoms with E-state index in [0.717, 1.165) is 58.3 Å². The normalized spacial score (nSPS) is 12.2. The average Bonchev–Trinajstić information content (AvgIpc) is 2.44. The third-order valence-corrected chi connectivity index (χ3v) is 3.05. The van der Waals surface area contributed by atoms with Crippen LogP contribution in [-0.4, -0.2) is 63.8 Å². The van der Waals surface area contributed by atoms with Gasteiger partial charge in [-0.3, -0.25) is 4.99 Å². The summed E-state index contributed by atoms with van der Waals surface area (Å²) >= 11 is 0. The molecule has 0 aliphatic heterocycles. The van der Waals surface area contributed by atoms with Gasteiger partial charge in [0.05, 0.1) is 0 Å². The molecule has 20 heavy (non-hydrogen) atoms. The van der Waals surface area contributed by atoms with E-state index in [9.17, 15) is 0 Å². The minimum atomic E-state index is 0.609. The fraction of sp³-hybridized carbons (Fsp3) is 0.933. The lowest BCUT2D eigenvalue weighted by Gasteiger charge is -2.19. The molecule has 5 heteroatoms. The van der Waals surface area contributed by atoms with Crippen LogP contribution in [0.4, 0.5) is 0 Å². The summed E-state index contributed by atoms with van der Waals surface area (Å²) in [6.45, 7) is 15.4. The Morgan fingerprint density at radius 1 is 1.15 bits per heavy atom. The Kier molecular flexibility index (Phi) is 12.7. The summed E-state index contributed by atoms with van der Waals surface area (Å²) in [7, 11) is 1.81. The second-order valence-electron chi connectivity index (χ2n) is 5.27. The van der Waals surface area contributed by atoms with Gasteiger partial charge in [-0.25, -0.2) is 0 Å². The van der Waals surface area contributed by atoms with Gasteiger partial charge >= 0.3 is 0 Å². The predicted octanol–water partition coefficient (Wildman–Crippen LogP) is 1.56. The number of hydrogen-bond acceptors (Lipinski definition) is 3. The van der Waals surface area contributed by atoms with Crippen molar-refractivity contribution in [3.8, 4) is 0 Å². The maximum atomic E-state index is 5.55. The molecule has 0 aromatic rings. The van der Waals surface area contributed by atoms with E-state index < -0.39 is 0 Å². The zero-order chi connectivity index (χ0) is 15.2. The minimum absolute atomic E-state index is 0.609. The molecule has 2 N–H and O–H groups in total. The van der Waals surface area contributed by atoms with Crippen LogP contribution in [0.25, 0.3) is 0 Å². The monoisotopic (exact) mass is 286 g/mol. The van der Waals surface area contributed by atoms with Crippen LogP contribution < -0.4 is 10.6 Å². The first-order valence-electron chi connectivity index (χ1n) is 7.88. The highest BCUT2D eigenvalue weighted by Crippen LogP contribution is 1.92. The first kappa shape index (κ1) is 19.2. The highest BCUT2D eigenvalue weighted by Gasteiger charge is 2.00. The van der Waals surface area contributed by atoms with Crippen LogP contribution in [-0.2, 0) is 4.74 Å². The van der Waals surface area contributed by atoms with Gasteiger partial charge in [-0.15, -0.1) is 0 Å². The van der Waals surface area contributed by atoms with E-state index in [4.69, 9.17) is 4.74 Å². The van der Waals surface area contributed by atoms with Crippen molar-refractivity contribution in [2.45, 2.75) is 34.1 Å². The molecule has 120 valence electrons. The number of nitrogens with zero attached hydrogens (tertiary/aromatic N) is 2. The van der Waals surface area contributed by atoms with Gasteiger partial charge in [0.1, 0.15) is 0 Å². The fourth-order valence-corrected chi connectivity index (χ4v) is 1.79. The molecule has 0 aliphatic rings. The summed E-state index contributed by atoms with van der Waals surface area (Å²) in [6, 6.07) is 0. The molecule has 0 fully saturated rings. The highest BCUT2D eigenvalue weighted by atomic mass is 16.5. The Hall–Kier alpha value is -0.810. The molecule has 0 aromatic heterocycles. The molecule has 0 aliphatic carbocycles. The van der Waals surface area contributed by atoms with E-state index in [2.05, 4.69) is 48.2 Å². The maximum Gasteiger partial charge on any atom is 0.191 e. The van der Waals surface area contributed by atoms with Crippen LogP contribution in [0.3, 0.4) is 0 Å². The van der Waals surface area contributed by atoms with Gasteiger partial charge in [0.15, 0.2) is 5.96 Å². The van der Waals surface area contributed by atoms with E-state index in [1.165, 1.54) is 0 Å². The van der Waals surface area contributed by atoms with Gasteiger partial charge in [-0.1, -0.05) is 27.7 Å². The van der Waals surface area contributed by atoms with Crippen molar-refractivity contribution in [1.29, 1.82) is 0 Å².